The van der Waals surface area contributed by atoms with Crippen LogP contribution >= 0.6 is 0 Å². The fourth-order valence-corrected chi connectivity index (χ4v) is 2.96. The Bertz CT molecular complexity index is 470. The van der Waals surface area contributed by atoms with Crippen molar-refractivity contribution in [2.45, 2.75) is 32.7 Å². The van der Waals surface area contributed by atoms with E-state index in [0.29, 0.717) is 5.92 Å². The lowest BCUT2D eigenvalue weighted by Crippen LogP contribution is -2.45. The molecule has 1 aromatic carbocycles. The predicted octanol–water partition coefficient (Wildman–Crippen LogP) is 2.98. The maximum absolute atomic E-state index is 11.3. The van der Waals surface area contributed by atoms with E-state index in [2.05, 4.69) is 24.1 Å². The van der Waals surface area contributed by atoms with Crippen molar-refractivity contribution in [2.24, 2.45) is 5.92 Å². The highest BCUT2D eigenvalue weighted by Crippen LogP contribution is 2.33. The van der Waals surface area contributed by atoms with Crippen LogP contribution in [-0.2, 0) is 0 Å². The molecular weight excluding hydrogens is 266 g/mol. The molecule has 0 amide bonds. The average Bonchev–Trinajstić information content (AvgIpc) is 2.48. The van der Waals surface area contributed by atoms with Crippen LogP contribution in [0.4, 0.5) is 5.69 Å². The predicted molar refractivity (Wildman–Crippen MR) is 84.4 cm³/mol. The van der Waals surface area contributed by atoms with Gasteiger partial charge in [0.15, 0.2) is 0 Å². The third-order valence-corrected chi connectivity index (χ3v) is 4.10. The first-order valence-corrected chi connectivity index (χ1v) is 7.77. The van der Waals surface area contributed by atoms with Gasteiger partial charge < -0.3 is 5.32 Å². The second kappa shape index (κ2) is 7.52. The van der Waals surface area contributed by atoms with Crippen LogP contribution in [0.25, 0.3) is 0 Å². The number of hydrogen-bond donors (Lipinski definition) is 1. The van der Waals surface area contributed by atoms with Crippen molar-refractivity contribution in [2.75, 3.05) is 26.2 Å². The molecule has 0 radical (unpaired) electrons. The Hall–Kier alpha value is -1.46. The summed E-state index contributed by atoms with van der Waals surface area (Å²) in [6, 6.07) is 7.35. The SMILES string of the molecule is CC(C)CC[C@@H](c1ccccc1[N+](=O)[O-])N1CCNCC1. The van der Waals surface area contributed by atoms with E-state index >= 15 is 0 Å². The van der Waals surface area contributed by atoms with Gasteiger partial charge in [0.05, 0.1) is 4.92 Å². The van der Waals surface area contributed by atoms with Gasteiger partial charge in [0, 0.05) is 43.9 Å². The van der Waals surface area contributed by atoms with E-state index in [9.17, 15) is 10.1 Å². The van der Waals surface area contributed by atoms with E-state index < -0.39 is 0 Å². The van der Waals surface area contributed by atoms with Crippen molar-refractivity contribution < 1.29 is 4.92 Å². The minimum atomic E-state index is -0.250. The van der Waals surface area contributed by atoms with Gasteiger partial charge in [-0.3, -0.25) is 15.0 Å². The van der Waals surface area contributed by atoms with E-state index in [4.69, 9.17) is 0 Å². The van der Waals surface area contributed by atoms with Crippen LogP contribution in [0.15, 0.2) is 24.3 Å². The summed E-state index contributed by atoms with van der Waals surface area (Å²) < 4.78 is 0. The lowest BCUT2D eigenvalue weighted by atomic mass is 9.94. The summed E-state index contributed by atoms with van der Waals surface area (Å²) in [7, 11) is 0. The fourth-order valence-electron chi connectivity index (χ4n) is 2.96. The van der Waals surface area contributed by atoms with Gasteiger partial charge >= 0.3 is 0 Å². The first-order valence-electron chi connectivity index (χ1n) is 7.77. The maximum atomic E-state index is 11.3. The first kappa shape index (κ1) is 15.9. The molecule has 0 aromatic heterocycles. The molecule has 116 valence electrons. The maximum Gasteiger partial charge on any atom is 0.274 e. The third-order valence-electron chi connectivity index (χ3n) is 4.10. The van der Waals surface area contributed by atoms with Crippen LogP contribution in [0.2, 0.25) is 0 Å². The molecule has 5 heteroatoms. The first-order chi connectivity index (χ1) is 10.1. The molecule has 21 heavy (non-hydrogen) atoms. The Morgan fingerprint density at radius 2 is 1.90 bits per heavy atom. The Kier molecular flexibility index (Phi) is 5.70. The molecule has 1 aliphatic rings. The molecule has 1 saturated heterocycles. The number of para-hydroxylation sites is 1. The van der Waals surface area contributed by atoms with Crippen molar-refractivity contribution in [3.05, 3.63) is 39.9 Å². The minimum Gasteiger partial charge on any atom is -0.314 e. The number of nitro benzene ring substituents is 1. The molecule has 0 saturated carbocycles. The van der Waals surface area contributed by atoms with Crippen LogP contribution in [0.5, 0.6) is 0 Å². The van der Waals surface area contributed by atoms with Crippen molar-refractivity contribution in [3.63, 3.8) is 0 Å². The lowest BCUT2D eigenvalue weighted by molar-refractivity contribution is -0.386. The van der Waals surface area contributed by atoms with Gasteiger partial charge in [0.1, 0.15) is 0 Å². The lowest BCUT2D eigenvalue weighted by Gasteiger charge is -2.35. The number of benzene rings is 1. The number of nitro groups is 1. The van der Waals surface area contributed by atoms with Gasteiger partial charge in [-0.1, -0.05) is 32.0 Å². The Morgan fingerprint density at radius 3 is 2.52 bits per heavy atom. The summed E-state index contributed by atoms with van der Waals surface area (Å²) in [6.45, 7) is 8.23. The summed E-state index contributed by atoms with van der Waals surface area (Å²) in [6.07, 6.45) is 2.06. The zero-order chi connectivity index (χ0) is 15.2. The van der Waals surface area contributed by atoms with Crippen LogP contribution in [-0.4, -0.2) is 36.0 Å². The quantitative estimate of drug-likeness (QED) is 0.646. The average molecular weight is 291 g/mol. The third kappa shape index (κ3) is 4.25. The molecule has 1 N–H and O–H groups in total. The second-order valence-corrected chi connectivity index (χ2v) is 6.09. The largest absolute Gasteiger partial charge is 0.314 e. The molecule has 0 spiro atoms. The smallest absolute Gasteiger partial charge is 0.274 e. The van der Waals surface area contributed by atoms with Crippen molar-refractivity contribution >= 4 is 5.69 Å². The van der Waals surface area contributed by atoms with Crippen molar-refractivity contribution in [1.29, 1.82) is 0 Å². The van der Waals surface area contributed by atoms with Crippen LogP contribution in [0.1, 0.15) is 38.3 Å². The zero-order valence-electron chi connectivity index (χ0n) is 12.9. The van der Waals surface area contributed by atoms with E-state index in [1.807, 2.05) is 12.1 Å². The molecule has 1 fully saturated rings. The standard InChI is InChI=1S/C16H25N3O2/c1-13(2)7-8-15(18-11-9-17-10-12-18)14-5-3-4-6-16(14)19(20)21/h3-6,13,15,17H,7-12H2,1-2H3/t15-/m0/s1. The molecule has 1 aromatic rings. The number of rotatable bonds is 6. The topological polar surface area (TPSA) is 58.4 Å². The summed E-state index contributed by atoms with van der Waals surface area (Å²) in [5.41, 5.74) is 1.12. The number of hydrogen-bond acceptors (Lipinski definition) is 4. The van der Waals surface area contributed by atoms with Gasteiger partial charge in [-0.15, -0.1) is 0 Å². The minimum absolute atomic E-state index is 0.149. The van der Waals surface area contributed by atoms with Crippen LogP contribution in [0, 0.1) is 16.0 Å². The molecule has 0 unspecified atom stereocenters. The van der Waals surface area contributed by atoms with Crippen LogP contribution in [0.3, 0.4) is 0 Å². The van der Waals surface area contributed by atoms with Gasteiger partial charge in [0.25, 0.3) is 5.69 Å². The highest BCUT2D eigenvalue weighted by atomic mass is 16.6. The van der Waals surface area contributed by atoms with E-state index in [-0.39, 0.29) is 16.7 Å². The van der Waals surface area contributed by atoms with E-state index in [0.717, 1.165) is 44.6 Å². The highest BCUT2D eigenvalue weighted by Gasteiger charge is 2.27. The molecule has 2 rings (SSSR count). The Balaban J connectivity index is 2.27. The Morgan fingerprint density at radius 1 is 1.24 bits per heavy atom. The molecule has 1 atom stereocenters. The summed E-state index contributed by atoms with van der Waals surface area (Å²) >= 11 is 0. The van der Waals surface area contributed by atoms with Gasteiger partial charge in [-0.05, 0) is 18.8 Å². The van der Waals surface area contributed by atoms with Crippen LogP contribution < -0.4 is 5.32 Å². The second-order valence-electron chi connectivity index (χ2n) is 6.09. The zero-order valence-corrected chi connectivity index (χ0v) is 12.9. The van der Waals surface area contributed by atoms with Crippen molar-refractivity contribution in [3.8, 4) is 0 Å². The van der Waals surface area contributed by atoms with Gasteiger partial charge in [0.2, 0.25) is 0 Å². The number of nitrogens with zero attached hydrogens (tertiary/aromatic N) is 2. The summed E-state index contributed by atoms with van der Waals surface area (Å²) in [4.78, 5) is 13.5. The molecule has 5 nitrogen and oxygen atoms in total. The highest BCUT2D eigenvalue weighted by molar-refractivity contribution is 5.42. The fraction of sp³-hybridized carbons (Fsp3) is 0.625. The van der Waals surface area contributed by atoms with E-state index in [1.165, 1.54) is 0 Å². The molecular formula is C16H25N3O2. The van der Waals surface area contributed by atoms with Gasteiger partial charge in [-0.2, -0.15) is 0 Å². The summed E-state index contributed by atoms with van der Waals surface area (Å²) in [5.74, 6) is 0.609. The van der Waals surface area contributed by atoms with Crippen molar-refractivity contribution in [1.82, 2.24) is 10.2 Å². The Labute approximate surface area is 126 Å². The summed E-state index contributed by atoms with van der Waals surface area (Å²) in [5, 5.41) is 14.7. The number of nitrogens with one attached hydrogen (secondary N) is 1. The number of piperazine rings is 1. The molecule has 0 bridgehead atoms. The molecule has 0 aliphatic carbocycles. The monoisotopic (exact) mass is 291 g/mol. The molecule has 1 aliphatic heterocycles. The van der Waals surface area contributed by atoms with E-state index in [1.54, 1.807) is 12.1 Å². The molecule has 1 heterocycles. The van der Waals surface area contributed by atoms with Gasteiger partial charge in [-0.25, -0.2) is 0 Å². The normalized spacial score (nSPS) is 17.9.